The summed E-state index contributed by atoms with van der Waals surface area (Å²) in [6, 6.07) is 6.41. The van der Waals surface area contributed by atoms with E-state index in [9.17, 15) is 0 Å². The molecule has 1 unspecified atom stereocenters. The van der Waals surface area contributed by atoms with Crippen LogP contribution in [0.25, 0.3) is 0 Å². The van der Waals surface area contributed by atoms with E-state index < -0.39 is 0 Å². The monoisotopic (exact) mass is 332 g/mol. The second kappa shape index (κ2) is 8.16. The number of likely N-dealkylation sites (N-methyl/N-ethyl adjacent to an activating group) is 1. The molecule has 0 aromatic heterocycles. The highest BCUT2D eigenvalue weighted by Gasteiger charge is 2.07. The fraction of sp³-hybridized carbons (Fsp3) is 0.571. The van der Waals surface area contributed by atoms with Gasteiger partial charge in [-0.1, -0.05) is 47.4 Å². The van der Waals surface area contributed by atoms with Crippen LogP contribution in [0.2, 0.25) is 5.02 Å². The average Bonchev–Trinajstić information content (AvgIpc) is 2.35. The first-order valence-corrected chi connectivity index (χ1v) is 7.63. The van der Waals surface area contributed by atoms with E-state index in [0.29, 0.717) is 6.04 Å². The Morgan fingerprint density at radius 2 is 2.00 bits per heavy atom. The van der Waals surface area contributed by atoms with Crippen LogP contribution in [0, 0.1) is 0 Å². The molecule has 0 bridgehead atoms. The van der Waals surface area contributed by atoms with Crippen molar-refractivity contribution in [1.29, 1.82) is 0 Å². The van der Waals surface area contributed by atoms with Crippen molar-refractivity contribution in [2.24, 2.45) is 0 Å². The number of hydrogen-bond donors (Lipinski definition) is 1. The summed E-state index contributed by atoms with van der Waals surface area (Å²) >= 11 is 9.47. The molecule has 1 aromatic carbocycles. The summed E-state index contributed by atoms with van der Waals surface area (Å²) in [6.07, 6.45) is 0. The molecule has 0 aliphatic rings. The Labute approximate surface area is 124 Å². The first-order chi connectivity index (χ1) is 8.56. The minimum atomic E-state index is 0.479. The lowest BCUT2D eigenvalue weighted by molar-refractivity contribution is 0.270. The van der Waals surface area contributed by atoms with Crippen molar-refractivity contribution in [3.05, 3.63) is 33.3 Å². The molecule has 0 aliphatic heterocycles. The van der Waals surface area contributed by atoms with Gasteiger partial charge in [-0.05, 0) is 37.7 Å². The summed E-state index contributed by atoms with van der Waals surface area (Å²) in [5.41, 5.74) is 1.24. The van der Waals surface area contributed by atoms with Crippen molar-refractivity contribution in [2.75, 3.05) is 19.6 Å². The van der Waals surface area contributed by atoms with Gasteiger partial charge in [0.25, 0.3) is 0 Å². The third kappa shape index (κ3) is 5.27. The van der Waals surface area contributed by atoms with Crippen LogP contribution < -0.4 is 5.32 Å². The fourth-order valence-electron chi connectivity index (χ4n) is 1.88. The fourth-order valence-corrected chi connectivity index (χ4v) is 2.71. The normalized spacial score (nSPS) is 13.0. The number of halogens is 2. The molecule has 0 radical (unpaired) electrons. The van der Waals surface area contributed by atoms with Gasteiger partial charge >= 0.3 is 0 Å². The lowest BCUT2D eigenvalue weighted by Crippen LogP contribution is -2.38. The molecule has 2 nitrogen and oxygen atoms in total. The van der Waals surface area contributed by atoms with E-state index in [0.717, 1.165) is 35.7 Å². The zero-order valence-electron chi connectivity index (χ0n) is 11.3. The quantitative estimate of drug-likeness (QED) is 0.813. The van der Waals surface area contributed by atoms with Gasteiger partial charge in [0.15, 0.2) is 0 Å². The maximum absolute atomic E-state index is 5.93. The zero-order valence-corrected chi connectivity index (χ0v) is 13.7. The zero-order chi connectivity index (χ0) is 13.5. The number of benzene rings is 1. The van der Waals surface area contributed by atoms with E-state index >= 15 is 0 Å². The van der Waals surface area contributed by atoms with Crippen LogP contribution in [0.5, 0.6) is 0 Å². The van der Waals surface area contributed by atoms with E-state index in [1.165, 1.54) is 5.56 Å². The summed E-state index contributed by atoms with van der Waals surface area (Å²) < 4.78 is 1.07. The lowest BCUT2D eigenvalue weighted by atomic mass is 10.2. The standard InChI is InChI=1S/C14H22BrClN2/c1-4-18(5-2)10-11(3)17-9-12-6-7-13(16)8-14(12)15/h6-8,11,17H,4-5,9-10H2,1-3H3. The van der Waals surface area contributed by atoms with Crippen LogP contribution in [0.15, 0.2) is 22.7 Å². The van der Waals surface area contributed by atoms with Crippen LogP contribution in [-0.4, -0.2) is 30.6 Å². The van der Waals surface area contributed by atoms with Crippen molar-refractivity contribution in [1.82, 2.24) is 10.2 Å². The molecular formula is C14H22BrClN2. The first kappa shape index (κ1) is 16.0. The molecule has 0 aliphatic carbocycles. The van der Waals surface area contributed by atoms with Gasteiger partial charge in [0.2, 0.25) is 0 Å². The Morgan fingerprint density at radius 1 is 1.33 bits per heavy atom. The van der Waals surface area contributed by atoms with Gasteiger partial charge < -0.3 is 10.2 Å². The third-order valence-corrected chi connectivity index (χ3v) is 4.06. The van der Waals surface area contributed by atoms with Gasteiger partial charge in [-0.3, -0.25) is 0 Å². The molecular weight excluding hydrogens is 312 g/mol. The van der Waals surface area contributed by atoms with Gasteiger partial charge in [0.05, 0.1) is 0 Å². The summed E-state index contributed by atoms with van der Waals surface area (Å²) in [5.74, 6) is 0. The molecule has 0 saturated carbocycles. The van der Waals surface area contributed by atoms with Crippen molar-refractivity contribution >= 4 is 27.5 Å². The largest absolute Gasteiger partial charge is 0.309 e. The number of rotatable bonds is 7. The Bertz CT molecular complexity index is 367. The predicted octanol–water partition coefficient (Wildman–Crippen LogP) is 3.92. The van der Waals surface area contributed by atoms with Crippen LogP contribution >= 0.6 is 27.5 Å². The molecule has 1 N–H and O–H groups in total. The molecule has 0 fully saturated rings. The third-order valence-electron chi connectivity index (χ3n) is 3.08. The smallest absolute Gasteiger partial charge is 0.0417 e. The van der Waals surface area contributed by atoms with E-state index in [-0.39, 0.29) is 0 Å². The van der Waals surface area contributed by atoms with Gasteiger partial charge in [-0.15, -0.1) is 0 Å². The van der Waals surface area contributed by atoms with Crippen molar-refractivity contribution in [3.63, 3.8) is 0 Å². The summed E-state index contributed by atoms with van der Waals surface area (Å²) in [6.45, 7) is 10.8. The number of hydrogen-bond acceptors (Lipinski definition) is 2. The Kier molecular flexibility index (Phi) is 7.23. The second-order valence-electron chi connectivity index (χ2n) is 4.50. The Balaban J connectivity index is 2.44. The molecule has 102 valence electrons. The molecule has 0 spiro atoms. The highest BCUT2D eigenvalue weighted by atomic mass is 79.9. The molecule has 18 heavy (non-hydrogen) atoms. The molecule has 0 saturated heterocycles. The molecule has 0 heterocycles. The van der Waals surface area contributed by atoms with Crippen LogP contribution in [0.1, 0.15) is 26.3 Å². The summed E-state index contributed by atoms with van der Waals surface area (Å²) in [7, 11) is 0. The van der Waals surface area contributed by atoms with E-state index in [4.69, 9.17) is 11.6 Å². The maximum Gasteiger partial charge on any atom is 0.0417 e. The SMILES string of the molecule is CCN(CC)CC(C)NCc1ccc(Cl)cc1Br. The Hall–Kier alpha value is -0.0900. The number of nitrogens with one attached hydrogen (secondary N) is 1. The summed E-state index contributed by atoms with van der Waals surface area (Å²) in [5, 5.41) is 4.31. The molecule has 1 atom stereocenters. The molecule has 4 heteroatoms. The van der Waals surface area contributed by atoms with Crippen molar-refractivity contribution in [2.45, 2.75) is 33.4 Å². The first-order valence-electron chi connectivity index (χ1n) is 6.46. The van der Waals surface area contributed by atoms with Gasteiger partial charge in [0.1, 0.15) is 0 Å². The van der Waals surface area contributed by atoms with Crippen LogP contribution in [0.4, 0.5) is 0 Å². The van der Waals surface area contributed by atoms with Gasteiger partial charge in [-0.25, -0.2) is 0 Å². The van der Waals surface area contributed by atoms with Crippen molar-refractivity contribution < 1.29 is 0 Å². The van der Waals surface area contributed by atoms with Gasteiger partial charge in [-0.2, -0.15) is 0 Å². The predicted molar refractivity (Wildman–Crippen MR) is 83.2 cm³/mol. The maximum atomic E-state index is 5.93. The van der Waals surface area contributed by atoms with Gasteiger partial charge in [0, 0.05) is 28.6 Å². The second-order valence-corrected chi connectivity index (χ2v) is 5.79. The van der Waals surface area contributed by atoms with E-state index in [1.807, 2.05) is 12.1 Å². The lowest BCUT2D eigenvalue weighted by Gasteiger charge is -2.23. The Morgan fingerprint density at radius 3 is 2.56 bits per heavy atom. The molecule has 1 rings (SSSR count). The highest BCUT2D eigenvalue weighted by molar-refractivity contribution is 9.10. The minimum Gasteiger partial charge on any atom is -0.309 e. The number of nitrogens with zero attached hydrogens (tertiary/aromatic N) is 1. The van der Waals surface area contributed by atoms with Crippen LogP contribution in [-0.2, 0) is 6.54 Å². The molecule has 0 amide bonds. The van der Waals surface area contributed by atoms with Crippen LogP contribution in [0.3, 0.4) is 0 Å². The topological polar surface area (TPSA) is 15.3 Å². The summed E-state index contributed by atoms with van der Waals surface area (Å²) in [4.78, 5) is 2.43. The molecule has 1 aromatic rings. The highest BCUT2D eigenvalue weighted by Crippen LogP contribution is 2.21. The minimum absolute atomic E-state index is 0.479. The van der Waals surface area contributed by atoms with E-state index in [2.05, 4.69) is 53.0 Å². The van der Waals surface area contributed by atoms with Crippen molar-refractivity contribution in [3.8, 4) is 0 Å². The van der Waals surface area contributed by atoms with E-state index in [1.54, 1.807) is 0 Å². The average molecular weight is 334 g/mol.